The Balaban J connectivity index is 1.32. The van der Waals surface area contributed by atoms with Gasteiger partial charge in [-0.25, -0.2) is 0 Å². The summed E-state index contributed by atoms with van der Waals surface area (Å²) in [7, 11) is 0. The molecule has 2 aromatic rings. The molecule has 6 heteroatoms. The number of benzene rings is 1. The summed E-state index contributed by atoms with van der Waals surface area (Å²) in [6.45, 7) is 1.99. The molecule has 1 aliphatic carbocycles. The first-order chi connectivity index (χ1) is 12.8. The summed E-state index contributed by atoms with van der Waals surface area (Å²) < 4.78 is 11.2. The first-order valence-electron chi connectivity index (χ1n) is 9.64. The summed E-state index contributed by atoms with van der Waals surface area (Å²) in [5.41, 5.74) is 0.707. The summed E-state index contributed by atoms with van der Waals surface area (Å²) in [5, 5.41) is 4.03. The molecular weight excluding hydrogens is 330 g/mol. The molecule has 1 aromatic carbocycles. The number of likely N-dealkylation sites (tertiary alicyclic amines) is 1. The second-order valence-electron chi connectivity index (χ2n) is 7.20. The van der Waals surface area contributed by atoms with Crippen LogP contribution in [0.2, 0.25) is 0 Å². The molecule has 1 aromatic heterocycles. The highest BCUT2D eigenvalue weighted by Crippen LogP contribution is 2.31. The van der Waals surface area contributed by atoms with E-state index in [0.29, 0.717) is 23.1 Å². The van der Waals surface area contributed by atoms with Gasteiger partial charge in [-0.2, -0.15) is 4.98 Å². The van der Waals surface area contributed by atoms with Gasteiger partial charge in [0.25, 0.3) is 5.91 Å². The Kier molecular flexibility index (Phi) is 5.18. The van der Waals surface area contributed by atoms with E-state index in [-0.39, 0.29) is 12.5 Å². The molecule has 0 atom stereocenters. The Morgan fingerprint density at radius 1 is 1.08 bits per heavy atom. The molecule has 26 heavy (non-hydrogen) atoms. The molecule has 6 nitrogen and oxygen atoms in total. The number of hydrogen-bond donors (Lipinski definition) is 0. The minimum atomic E-state index is 0.101. The number of carbonyl (C=O) groups excluding carboxylic acids is 1. The SMILES string of the molecule is O=C(c1ccc(OCc2noc(C3CCCCC3)n2)cc1)N1CCCC1. The van der Waals surface area contributed by atoms with Crippen molar-refractivity contribution in [3.8, 4) is 5.75 Å². The number of hydrogen-bond acceptors (Lipinski definition) is 5. The minimum absolute atomic E-state index is 0.101. The lowest BCUT2D eigenvalue weighted by Gasteiger charge is -2.17. The van der Waals surface area contributed by atoms with E-state index in [0.717, 1.165) is 44.7 Å². The van der Waals surface area contributed by atoms with Crippen molar-refractivity contribution >= 4 is 5.91 Å². The number of rotatable bonds is 5. The number of nitrogens with zero attached hydrogens (tertiary/aromatic N) is 3. The van der Waals surface area contributed by atoms with Crippen LogP contribution in [0.25, 0.3) is 0 Å². The Labute approximate surface area is 153 Å². The van der Waals surface area contributed by atoms with E-state index < -0.39 is 0 Å². The molecule has 1 saturated heterocycles. The van der Waals surface area contributed by atoms with E-state index in [1.165, 1.54) is 19.3 Å². The fraction of sp³-hybridized carbons (Fsp3) is 0.550. The van der Waals surface area contributed by atoms with Crippen molar-refractivity contribution in [1.29, 1.82) is 0 Å². The van der Waals surface area contributed by atoms with Gasteiger partial charge in [0.2, 0.25) is 11.7 Å². The van der Waals surface area contributed by atoms with Crippen LogP contribution in [0.3, 0.4) is 0 Å². The van der Waals surface area contributed by atoms with E-state index in [1.807, 2.05) is 29.2 Å². The predicted octanol–water partition coefficient (Wildman–Crippen LogP) is 3.93. The second kappa shape index (κ2) is 7.89. The Morgan fingerprint density at radius 2 is 1.81 bits per heavy atom. The van der Waals surface area contributed by atoms with Crippen LogP contribution in [0.1, 0.15) is 72.9 Å². The topological polar surface area (TPSA) is 68.5 Å². The standard InChI is InChI=1S/C20H25N3O3/c24-20(23-12-4-5-13-23)16-8-10-17(11-9-16)25-14-18-21-19(26-22-18)15-6-2-1-3-7-15/h8-11,15H,1-7,12-14H2. The van der Waals surface area contributed by atoms with Crippen molar-refractivity contribution in [2.24, 2.45) is 0 Å². The third-order valence-corrected chi connectivity index (χ3v) is 5.30. The van der Waals surface area contributed by atoms with Crippen molar-refractivity contribution in [3.63, 3.8) is 0 Å². The molecule has 0 unspecified atom stereocenters. The summed E-state index contributed by atoms with van der Waals surface area (Å²) in [6, 6.07) is 7.29. The van der Waals surface area contributed by atoms with Crippen LogP contribution in [0, 0.1) is 0 Å². The van der Waals surface area contributed by atoms with Crippen molar-refractivity contribution in [3.05, 3.63) is 41.5 Å². The van der Waals surface area contributed by atoms with Crippen molar-refractivity contribution < 1.29 is 14.1 Å². The Morgan fingerprint density at radius 3 is 2.54 bits per heavy atom. The van der Waals surface area contributed by atoms with Gasteiger partial charge in [-0.05, 0) is 49.9 Å². The molecule has 0 spiro atoms. The lowest BCUT2D eigenvalue weighted by atomic mass is 9.89. The van der Waals surface area contributed by atoms with Gasteiger partial charge in [-0.3, -0.25) is 4.79 Å². The van der Waals surface area contributed by atoms with Gasteiger partial charge in [0.15, 0.2) is 6.61 Å². The third kappa shape index (κ3) is 3.89. The molecular formula is C20H25N3O3. The van der Waals surface area contributed by atoms with Crippen LogP contribution in [0.4, 0.5) is 0 Å². The molecule has 1 amide bonds. The molecule has 4 rings (SSSR count). The fourth-order valence-corrected chi connectivity index (χ4v) is 3.79. The maximum Gasteiger partial charge on any atom is 0.253 e. The average molecular weight is 355 g/mol. The van der Waals surface area contributed by atoms with Crippen LogP contribution in [-0.2, 0) is 6.61 Å². The number of aromatic nitrogens is 2. The van der Waals surface area contributed by atoms with Crippen LogP contribution in [-0.4, -0.2) is 34.0 Å². The molecule has 2 fully saturated rings. The number of ether oxygens (including phenoxy) is 1. The zero-order valence-electron chi connectivity index (χ0n) is 15.0. The zero-order valence-corrected chi connectivity index (χ0v) is 15.0. The maximum absolute atomic E-state index is 12.3. The van der Waals surface area contributed by atoms with Gasteiger partial charge in [0.05, 0.1) is 0 Å². The molecule has 0 bridgehead atoms. The minimum Gasteiger partial charge on any atom is -0.485 e. The number of amides is 1. The van der Waals surface area contributed by atoms with E-state index in [9.17, 15) is 4.79 Å². The first-order valence-corrected chi connectivity index (χ1v) is 9.64. The highest BCUT2D eigenvalue weighted by atomic mass is 16.5. The summed E-state index contributed by atoms with van der Waals surface area (Å²) in [4.78, 5) is 18.7. The number of carbonyl (C=O) groups is 1. The largest absolute Gasteiger partial charge is 0.485 e. The lowest BCUT2D eigenvalue weighted by Crippen LogP contribution is -2.27. The monoisotopic (exact) mass is 355 g/mol. The Hall–Kier alpha value is -2.37. The van der Waals surface area contributed by atoms with Crippen LogP contribution in [0.15, 0.2) is 28.8 Å². The molecule has 1 saturated carbocycles. The predicted molar refractivity (Wildman–Crippen MR) is 96.0 cm³/mol. The molecule has 2 aliphatic rings. The van der Waals surface area contributed by atoms with Crippen molar-refractivity contribution in [2.75, 3.05) is 13.1 Å². The van der Waals surface area contributed by atoms with Gasteiger partial charge >= 0.3 is 0 Å². The van der Waals surface area contributed by atoms with Gasteiger partial charge in [-0.1, -0.05) is 24.4 Å². The molecule has 138 valence electrons. The van der Waals surface area contributed by atoms with Gasteiger partial charge in [-0.15, -0.1) is 0 Å². The van der Waals surface area contributed by atoms with Crippen LogP contribution >= 0.6 is 0 Å². The lowest BCUT2D eigenvalue weighted by molar-refractivity contribution is 0.0793. The maximum atomic E-state index is 12.3. The molecule has 2 heterocycles. The first kappa shape index (κ1) is 17.1. The highest BCUT2D eigenvalue weighted by molar-refractivity contribution is 5.94. The van der Waals surface area contributed by atoms with Gasteiger partial charge in [0, 0.05) is 24.6 Å². The smallest absolute Gasteiger partial charge is 0.253 e. The van der Waals surface area contributed by atoms with Crippen LogP contribution in [0.5, 0.6) is 5.75 Å². The van der Waals surface area contributed by atoms with Gasteiger partial charge < -0.3 is 14.2 Å². The summed E-state index contributed by atoms with van der Waals surface area (Å²) in [5.74, 6) is 2.52. The third-order valence-electron chi connectivity index (χ3n) is 5.30. The molecule has 0 N–H and O–H groups in total. The highest BCUT2D eigenvalue weighted by Gasteiger charge is 2.22. The van der Waals surface area contributed by atoms with E-state index in [1.54, 1.807) is 0 Å². The Bertz CT molecular complexity index is 729. The fourth-order valence-electron chi connectivity index (χ4n) is 3.79. The molecule has 1 aliphatic heterocycles. The van der Waals surface area contributed by atoms with E-state index >= 15 is 0 Å². The zero-order chi connectivity index (χ0) is 17.8. The quantitative estimate of drug-likeness (QED) is 0.813. The van der Waals surface area contributed by atoms with Crippen molar-refractivity contribution in [2.45, 2.75) is 57.5 Å². The molecule has 0 radical (unpaired) electrons. The van der Waals surface area contributed by atoms with Gasteiger partial charge in [0.1, 0.15) is 5.75 Å². The average Bonchev–Trinajstić information content (AvgIpc) is 3.39. The summed E-state index contributed by atoms with van der Waals surface area (Å²) in [6.07, 6.45) is 8.24. The normalized spacial score (nSPS) is 18.2. The van der Waals surface area contributed by atoms with Crippen LogP contribution < -0.4 is 4.74 Å². The second-order valence-corrected chi connectivity index (χ2v) is 7.20. The van der Waals surface area contributed by atoms with E-state index in [4.69, 9.17) is 9.26 Å². The summed E-state index contributed by atoms with van der Waals surface area (Å²) >= 11 is 0. The van der Waals surface area contributed by atoms with Crippen molar-refractivity contribution in [1.82, 2.24) is 15.0 Å². The van der Waals surface area contributed by atoms with E-state index in [2.05, 4.69) is 10.1 Å².